The van der Waals surface area contributed by atoms with Gasteiger partial charge in [-0.2, -0.15) is 0 Å². The predicted octanol–water partition coefficient (Wildman–Crippen LogP) is 2.68. The van der Waals surface area contributed by atoms with Crippen LogP contribution in [0.5, 0.6) is 5.75 Å². The molecule has 1 aromatic carbocycles. The lowest BCUT2D eigenvalue weighted by Gasteiger charge is -2.15. The smallest absolute Gasteiger partial charge is 0.247 e. The van der Waals surface area contributed by atoms with E-state index in [1.165, 1.54) is 0 Å². The fourth-order valence-electron chi connectivity index (χ4n) is 1.91. The maximum atomic E-state index is 12.2. The van der Waals surface area contributed by atoms with Crippen LogP contribution in [0.1, 0.15) is 13.0 Å². The van der Waals surface area contributed by atoms with E-state index in [2.05, 4.69) is 10.3 Å². The summed E-state index contributed by atoms with van der Waals surface area (Å²) in [7, 11) is 3.95. The fraction of sp³-hybridized carbons (Fsp3) is 0.375. The number of rotatable bonds is 7. The number of halogens is 1. The van der Waals surface area contributed by atoms with Crippen molar-refractivity contribution in [3.05, 3.63) is 41.9 Å². The zero-order valence-corrected chi connectivity index (χ0v) is 14.2. The summed E-state index contributed by atoms with van der Waals surface area (Å²) in [4.78, 5) is 18.2. The van der Waals surface area contributed by atoms with Crippen molar-refractivity contribution in [2.75, 3.05) is 32.6 Å². The summed E-state index contributed by atoms with van der Waals surface area (Å²) in [5.41, 5.74) is 0.631. The Labute approximate surface area is 141 Å². The molecule has 0 spiro atoms. The number of carbonyl (C=O) groups is 1. The largest absolute Gasteiger partial charge is 0.491 e. The van der Waals surface area contributed by atoms with Crippen LogP contribution in [0.2, 0.25) is 5.02 Å². The van der Waals surface area contributed by atoms with Gasteiger partial charge in [-0.25, -0.2) is 4.98 Å². The van der Waals surface area contributed by atoms with E-state index in [0.29, 0.717) is 23.1 Å². The average Bonchev–Trinajstić information content (AvgIpc) is 3.02. The lowest BCUT2D eigenvalue weighted by Crippen LogP contribution is -2.22. The van der Waals surface area contributed by atoms with E-state index in [0.717, 1.165) is 6.54 Å². The number of carbonyl (C=O) groups excluding carboxylic acids is 1. The number of ether oxygens (including phenoxy) is 1. The molecule has 1 atom stereocenters. The first kappa shape index (κ1) is 17.3. The lowest BCUT2D eigenvalue weighted by molar-refractivity contribution is -0.118. The van der Waals surface area contributed by atoms with Gasteiger partial charge in [-0.3, -0.25) is 4.79 Å². The molecule has 6 nitrogen and oxygen atoms in total. The minimum Gasteiger partial charge on any atom is -0.491 e. The van der Waals surface area contributed by atoms with E-state index in [9.17, 15) is 4.79 Å². The molecule has 124 valence electrons. The van der Waals surface area contributed by atoms with Gasteiger partial charge in [0.25, 0.3) is 0 Å². The summed E-state index contributed by atoms with van der Waals surface area (Å²) in [6.45, 7) is 3.16. The molecule has 0 fully saturated rings. The maximum Gasteiger partial charge on any atom is 0.247 e. The van der Waals surface area contributed by atoms with Crippen LogP contribution in [0.25, 0.3) is 0 Å². The Morgan fingerprint density at radius 1 is 1.48 bits per heavy atom. The van der Waals surface area contributed by atoms with Gasteiger partial charge in [-0.1, -0.05) is 11.6 Å². The Hall–Kier alpha value is -2.05. The Morgan fingerprint density at radius 3 is 2.87 bits per heavy atom. The summed E-state index contributed by atoms with van der Waals surface area (Å²) in [6.07, 6.45) is 5.00. The molecule has 0 radical (unpaired) electrons. The van der Waals surface area contributed by atoms with Crippen LogP contribution in [0.15, 0.2) is 36.9 Å². The van der Waals surface area contributed by atoms with Gasteiger partial charge in [0.2, 0.25) is 5.91 Å². The van der Waals surface area contributed by atoms with Gasteiger partial charge < -0.3 is 19.5 Å². The summed E-state index contributed by atoms with van der Waals surface area (Å²) < 4.78 is 7.35. The van der Waals surface area contributed by atoms with E-state index in [4.69, 9.17) is 16.3 Å². The monoisotopic (exact) mass is 336 g/mol. The molecular formula is C16H21ClN4O2. The van der Waals surface area contributed by atoms with Crippen molar-refractivity contribution in [1.82, 2.24) is 14.5 Å². The number of nitrogens with zero attached hydrogens (tertiary/aromatic N) is 3. The Balaban J connectivity index is 1.96. The van der Waals surface area contributed by atoms with Crippen molar-refractivity contribution in [3.63, 3.8) is 0 Å². The maximum absolute atomic E-state index is 12.2. The Bertz CT molecular complexity index is 644. The van der Waals surface area contributed by atoms with Crippen molar-refractivity contribution in [1.29, 1.82) is 0 Å². The molecule has 0 bridgehead atoms. The van der Waals surface area contributed by atoms with Crippen molar-refractivity contribution in [2.24, 2.45) is 0 Å². The molecule has 0 saturated heterocycles. The summed E-state index contributed by atoms with van der Waals surface area (Å²) in [5, 5.41) is 3.31. The first-order valence-electron chi connectivity index (χ1n) is 7.32. The standard InChI is InChI=1S/C16H21ClN4O2/c1-12(21-7-6-18-11-21)16(22)19-13-4-5-15(14(17)10-13)23-9-8-20(2)3/h4-7,10-12H,8-9H2,1-3H3,(H,19,22)/t12-/m1/s1. The number of amides is 1. The third-order valence-corrected chi connectivity index (χ3v) is 3.64. The number of imidazole rings is 1. The van der Waals surface area contributed by atoms with Gasteiger partial charge in [0.15, 0.2) is 0 Å². The van der Waals surface area contributed by atoms with Crippen LogP contribution in [0.4, 0.5) is 5.69 Å². The first-order valence-corrected chi connectivity index (χ1v) is 7.70. The second-order valence-electron chi connectivity index (χ2n) is 5.47. The zero-order valence-electron chi connectivity index (χ0n) is 13.5. The molecule has 0 saturated carbocycles. The van der Waals surface area contributed by atoms with Gasteiger partial charge in [-0.15, -0.1) is 0 Å². The van der Waals surface area contributed by atoms with Gasteiger partial charge in [0, 0.05) is 24.6 Å². The topological polar surface area (TPSA) is 59.4 Å². The fourth-order valence-corrected chi connectivity index (χ4v) is 2.15. The van der Waals surface area contributed by atoms with E-state index < -0.39 is 0 Å². The normalized spacial score (nSPS) is 12.2. The summed E-state index contributed by atoms with van der Waals surface area (Å²) >= 11 is 6.20. The molecule has 2 aromatic rings. The van der Waals surface area contributed by atoms with Crippen molar-refractivity contribution < 1.29 is 9.53 Å². The molecule has 0 aliphatic rings. The van der Waals surface area contributed by atoms with Gasteiger partial charge in [0.1, 0.15) is 18.4 Å². The number of aromatic nitrogens is 2. The van der Waals surface area contributed by atoms with Crippen LogP contribution >= 0.6 is 11.6 Å². The van der Waals surface area contributed by atoms with E-state index in [1.54, 1.807) is 48.4 Å². The van der Waals surface area contributed by atoms with Gasteiger partial charge in [-0.05, 0) is 39.2 Å². The molecule has 1 aromatic heterocycles. The van der Waals surface area contributed by atoms with Gasteiger partial charge >= 0.3 is 0 Å². The molecule has 1 heterocycles. The predicted molar refractivity (Wildman–Crippen MR) is 91.1 cm³/mol. The number of hydrogen-bond acceptors (Lipinski definition) is 4. The second-order valence-corrected chi connectivity index (χ2v) is 5.88. The van der Waals surface area contributed by atoms with Crippen LogP contribution in [-0.4, -0.2) is 47.6 Å². The molecule has 0 aliphatic heterocycles. The molecule has 0 unspecified atom stereocenters. The van der Waals surface area contributed by atoms with Gasteiger partial charge in [0.05, 0.1) is 11.3 Å². The van der Waals surface area contributed by atoms with Crippen LogP contribution < -0.4 is 10.1 Å². The number of nitrogens with one attached hydrogen (secondary N) is 1. The van der Waals surface area contributed by atoms with E-state index in [1.807, 2.05) is 19.0 Å². The molecule has 0 aliphatic carbocycles. The second kappa shape index (κ2) is 7.99. The third kappa shape index (κ3) is 4.97. The van der Waals surface area contributed by atoms with E-state index in [-0.39, 0.29) is 11.9 Å². The highest BCUT2D eigenvalue weighted by Crippen LogP contribution is 2.28. The third-order valence-electron chi connectivity index (χ3n) is 3.35. The highest BCUT2D eigenvalue weighted by molar-refractivity contribution is 6.32. The highest BCUT2D eigenvalue weighted by Gasteiger charge is 2.15. The minimum absolute atomic E-state index is 0.139. The quantitative estimate of drug-likeness (QED) is 0.844. The number of likely N-dealkylation sites (N-methyl/N-ethyl adjacent to an activating group) is 1. The highest BCUT2D eigenvalue weighted by atomic mass is 35.5. The molecule has 1 N–H and O–H groups in total. The first-order chi connectivity index (χ1) is 11.0. The molecule has 23 heavy (non-hydrogen) atoms. The van der Waals surface area contributed by atoms with Crippen molar-refractivity contribution in [3.8, 4) is 5.75 Å². The lowest BCUT2D eigenvalue weighted by atomic mass is 10.2. The number of hydrogen-bond donors (Lipinski definition) is 1. The molecule has 2 rings (SSSR count). The zero-order chi connectivity index (χ0) is 16.8. The SMILES string of the molecule is C[C@H](C(=O)Nc1ccc(OCCN(C)C)c(Cl)c1)n1ccnc1. The Morgan fingerprint density at radius 2 is 2.26 bits per heavy atom. The van der Waals surface area contributed by atoms with E-state index >= 15 is 0 Å². The molecule has 1 amide bonds. The van der Waals surface area contributed by atoms with Crippen LogP contribution in [0.3, 0.4) is 0 Å². The summed E-state index contributed by atoms with van der Waals surface area (Å²) in [6, 6.07) is 4.86. The Kier molecular flexibility index (Phi) is 6.01. The minimum atomic E-state index is -0.354. The molecule has 7 heteroatoms. The van der Waals surface area contributed by atoms with Crippen LogP contribution in [0, 0.1) is 0 Å². The molecular weight excluding hydrogens is 316 g/mol. The van der Waals surface area contributed by atoms with Crippen LogP contribution in [-0.2, 0) is 4.79 Å². The van der Waals surface area contributed by atoms with Crippen molar-refractivity contribution in [2.45, 2.75) is 13.0 Å². The summed E-state index contributed by atoms with van der Waals surface area (Å²) in [5.74, 6) is 0.467. The van der Waals surface area contributed by atoms with Crippen molar-refractivity contribution >= 4 is 23.2 Å². The number of anilines is 1. The number of benzene rings is 1. The average molecular weight is 337 g/mol.